The Hall–Kier alpha value is -2.48. The summed E-state index contributed by atoms with van der Waals surface area (Å²) in [5, 5.41) is 7.71. The summed E-state index contributed by atoms with van der Waals surface area (Å²) in [5.74, 6) is 1.86. The maximum Gasteiger partial charge on any atom is 0.223 e. The van der Waals surface area contributed by atoms with E-state index in [1.807, 2.05) is 37.3 Å². The van der Waals surface area contributed by atoms with E-state index < -0.39 is 0 Å². The lowest BCUT2D eigenvalue weighted by atomic mass is 9.95. The molecule has 1 fully saturated rings. The van der Waals surface area contributed by atoms with Crippen LogP contribution >= 0.6 is 0 Å². The van der Waals surface area contributed by atoms with Crippen molar-refractivity contribution in [2.75, 3.05) is 32.1 Å². The highest BCUT2D eigenvalue weighted by Gasteiger charge is 2.40. The van der Waals surface area contributed by atoms with Crippen molar-refractivity contribution in [3.8, 4) is 0 Å². The molecule has 0 aliphatic carbocycles. The van der Waals surface area contributed by atoms with E-state index in [0.29, 0.717) is 26.1 Å². The van der Waals surface area contributed by atoms with Crippen molar-refractivity contribution in [1.29, 1.82) is 0 Å². The number of carbonyl (C=O) groups excluding carboxylic acids is 1. The largest absolute Gasteiger partial charge is 0.383 e. The van der Waals surface area contributed by atoms with Gasteiger partial charge in [-0.15, -0.1) is 0 Å². The predicted octanol–water partition coefficient (Wildman–Crippen LogP) is 1.73. The minimum Gasteiger partial charge on any atom is -0.383 e. The van der Waals surface area contributed by atoms with Gasteiger partial charge in [-0.3, -0.25) is 9.48 Å². The highest BCUT2D eigenvalue weighted by molar-refractivity contribution is 5.79. The highest BCUT2D eigenvalue weighted by Crippen LogP contribution is 2.37. The first-order chi connectivity index (χ1) is 13.0. The monoisotopic (exact) mass is 372 g/mol. The second-order valence-corrected chi connectivity index (χ2v) is 6.96. The number of hydrogen-bond acceptors (Lipinski definition) is 6. The Balaban J connectivity index is 1.78. The van der Waals surface area contributed by atoms with Gasteiger partial charge in [0.05, 0.1) is 18.8 Å². The summed E-state index contributed by atoms with van der Waals surface area (Å²) in [5.41, 5.74) is 2.07. The lowest BCUT2D eigenvalue weighted by Gasteiger charge is -2.27. The van der Waals surface area contributed by atoms with Gasteiger partial charge in [0, 0.05) is 63.1 Å². The molecule has 0 saturated carbocycles. The molecular formula is C19H28N6O2. The Labute approximate surface area is 159 Å². The Morgan fingerprint density at radius 3 is 2.85 bits per heavy atom. The second kappa shape index (κ2) is 8.47. The molecule has 2 atom stereocenters. The van der Waals surface area contributed by atoms with Gasteiger partial charge in [-0.1, -0.05) is 6.92 Å². The number of nitrogens with zero attached hydrogens (tertiary/aromatic N) is 5. The summed E-state index contributed by atoms with van der Waals surface area (Å²) in [7, 11) is 3.55. The van der Waals surface area contributed by atoms with Crippen LogP contribution < -0.4 is 5.32 Å². The molecule has 146 valence electrons. The van der Waals surface area contributed by atoms with E-state index in [0.717, 1.165) is 29.3 Å². The van der Waals surface area contributed by atoms with E-state index in [1.54, 1.807) is 11.8 Å². The molecule has 2 aromatic heterocycles. The summed E-state index contributed by atoms with van der Waals surface area (Å²) >= 11 is 0. The lowest BCUT2D eigenvalue weighted by Crippen LogP contribution is -2.33. The van der Waals surface area contributed by atoms with Gasteiger partial charge in [0.15, 0.2) is 0 Å². The topological polar surface area (TPSA) is 85.2 Å². The SMILES string of the molecule is CCc1cc(NC[C@@H]2CC(=O)N(CCOC)[C@H]2c2cnn(C)c2)nc(C)n1. The van der Waals surface area contributed by atoms with E-state index in [1.165, 1.54) is 0 Å². The third-order valence-corrected chi connectivity index (χ3v) is 4.94. The molecule has 0 unspecified atom stereocenters. The first-order valence-corrected chi connectivity index (χ1v) is 9.37. The van der Waals surface area contributed by atoms with Gasteiger partial charge >= 0.3 is 0 Å². The molecule has 1 aliphatic rings. The summed E-state index contributed by atoms with van der Waals surface area (Å²) in [6.07, 6.45) is 5.20. The smallest absolute Gasteiger partial charge is 0.223 e. The minimum atomic E-state index is -0.0116. The van der Waals surface area contributed by atoms with Gasteiger partial charge in [0.1, 0.15) is 11.6 Å². The molecule has 0 radical (unpaired) electrons. The molecule has 0 bridgehead atoms. The highest BCUT2D eigenvalue weighted by atomic mass is 16.5. The van der Waals surface area contributed by atoms with Gasteiger partial charge in [0.2, 0.25) is 5.91 Å². The molecule has 27 heavy (non-hydrogen) atoms. The number of rotatable bonds is 8. The van der Waals surface area contributed by atoms with Crippen molar-refractivity contribution < 1.29 is 9.53 Å². The summed E-state index contributed by atoms with van der Waals surface area (Å²) < 4.78 is 6.97. The van der Waals surface area contributed by atoms with Crippen molar-refractivity contribution in [3.05, 3.63) is 35.5 Å². The van der Waals surface area contributed by atoms with Gasteiger partial charge in [-0.25, -0.2) is 9.97 Å². The molecule has 8 heteroatoms. The van der Waals surface area contributed by atoms with Crippen molar-refractivity contribution in [1.82, 2.24) is 24.6 Å². The quantitative estimate of drug-likeness (QED) is 0.760. The number of anilines is 1. The third kappa shape index (κ3) is 4.44. The van der Waals surface area contributed by atoms with E-state index in [-0.39, 0.29) is 17.9 Å². The number of ether oxygens (including phenoxy) is 1. The molecular weight excluding hydrogens is 344 g/mol. The van der Waals surface area contributed by atoms with Crippen LogP contribution in [0, 0.1) is 12.8 Å². The number of likely N-dealkylation sites (tertiary alicyclic amines) is 1. The first-order valence-electron chi connectivity index (χ1n) is 9.37. The summed E-state index contributed by atoms with van der Waals surface area (Å²) in [4.78, 5) is 23.4. The summed E-state index contributed by atoms with van der Waals surface area (Å²) in [6, 6.07) is 1.97. The van der Waals surface area contributed by atoms with E-state index in [2.05, 4.69) is 27.3 Å². The summed E-state index contributed by atoms with van der Waals surface area (Å²) in [6.45, 7) is 5.74. The van der Waals surface area contributed by atoms with Crippen molar-refractivity contribution in [2.45, 2.75) is 32.7 Å². The Morgan fingerprint density at radius 1 is 1.37 bits per heavy atom. The molecule has 1 amide bonds. The number of amides is 1. The zero-order valence-electron chi connectivity index (χ0n) is 16.5. The zero-order valence-corrected chi connectivity index (χ0v) is 16.5. The Bertz CT molecular complexity index is 790. The van der Waals surface area contributed by atoms with Crippen LogP contribution in [0.1, 0.15) is 36.5 Å². The number of carbonyl (C=O) groups is 1. The van der Waals surface area contributed by atoms with Crippen LogP contribution in [0.4, 0.5) is 5.82 Å². The fourth-order valence-corrected chi connectivity index (χ4v) is 3.68. The molecule has 1 N–H and O–H groups in total. The molecule has 0 aromatic carbocycles. The van der Waals surface area contributed by atoms with Crippen molar-refractivity contribution in [2.24, 2.45) is 13.0 Å². The van der Waals surface area contributed by atoms with Gasteiger partial charge < -0.3 is 15.0 Å². The van der Waals surface area contributed by atoms with Crippen molar-refractivity contribution in [3.63, 3.8) is 0 Å². The van der Waals surface area contributed by atoms with Crippen LogP contribution in [-0.4, -0.2) is 57.4 Å². The van der Waals surface area contributed by atoms with Crippen LogP contribution in [0.25, 0.3) is 0 Å². The number of nitrogens with one attached hydrogen (secondary N) is 1. The number of aryl methyl sites for hydroxylation is 3. The molecule has 1 aliphatic heterocycles. The van der Waals surface area contributed by atoms with E-state index in [4.69, 9.17) is 4.74 Å². The van der Waals surface area contributed by atoms with Gasteiger partial charge in [0.25, 0.3) is 0 Å². The molecule has 0 spiro atoms. The normalized spacial score (nSPS) is 19.7. The van der Waals surface area contributed by atoms with E-state index >= 15 is 0 Å². The second-order valence-electron chi connectivity index (χ2n) is 6.96. The average molecular weight is 372 g/mol. The van der Waals surface area contributed by atoms with Crippen LogP contribution in [0.2, 0.25) is 0 Å². The van der Waals surface area contributed by atoms with Crippen LogP contribution in [0.5, 0.6) is 0 Å². The fourth-order valence-electron chi connectivity index (χ4n) is 3.68. The molecule has 8 nitrogen and oxygen atoms in total. The van der Waals surface area contributed by atoms with Crippen LogP contribution in [0.3, 0.4) is 0 Å². The number of hydrogen-bond donors (Lipinski definition) is 1. The fraction of sp³-hybridized carbons (Fsp3) is 0.579. The molecule has 3 rings (SSSR count). The Kier molecular flexibility index (Phi) is 6.05. The number of aromatic nitrogens is 4. The molecule has 3 heterocycles. The molecule has 2 aromatic rings. The van der Waals surface area contributed by atoms with E-state index in [9.17, 15) is 4.79 Å². The molecule has 1 saturated heterocycles. The predicted molar refractivity (Wildman–Crippen MR) is 102 cm³/mol. The number of methoxy groups -OCH3 is 1. The van der Waals surface area contributed by atoms with Crippen molar-refractivity contribution >= 4 is 11.7 Å². The van der Waals surface area contributed by atoms with Crippen LogP contribution in [-0.2, 0) is 23.0 Å². The maximum absolute atomic E-state index is 12.6. The third-order valence-electron chi connectivity index (χ3n) is 4.94. The maximum atomic E-state index is 12.6. The average Bonchev–Trinajstić information content (AvgIpc) is 3.20. The lowest BCUT2D eigenvalue weighted by molar-refractivity contribution is -0.129. The Morgan fingerprint density at radius 2 is 2.19 bits per heavy atom. The minimum absolute atomic E-state index is 0.0116. The van der Waals surface area contributed by atoms with Gasteiger partial charge in [-0.2, -0.15) is 5.10 Å². The van der Waals surface area contributed by atoms with Gasteiger partial charge in [-0.05, 0) is 13.3 Å². The standard InChI is InChI=1S/C19H28N6O2/c1-5-16-9-17(23-13(2)22-16)20-10-14-8-18(26)25(6-7-27-4)19(14)15-11-21-24(3)12-15/h9,11-12,14,19H,5-8,10H2,1-4H3,(H,20,22,23)/t14-,19+/m0/s1. The zero-order chi connectivity index (χ0) is 19.4. The van der Waals surface area contributed by atoms with Crippen LogP contribution in [0.15, 0.2) is 18.5 Å². The first kappa shape index (κ1) is 19.3.